The van der Waals surface area contributed by atoms with Crippen LogP contribution in [0.15, 0.2) is 48.8 Å². The molecule has 0 amide bonds. The zero-order valence-corrected chi connectivity index (χ0v) is 11.9. The van der Waals surface area contributed by atoms with Gasteiger partial charge in [-0.25, -0.2) is 4.79 Å². The number of esters is 1. The number of ketones is 2. The van der Waals surface area contributed by atoms with Crippen molar-refractivity contribution in [3.63, 3.8) is 0 Å². The van der Waals surface area contributed by atoms with E-state index in [0.717, 1.165) is 0 Å². The lowest BCUT2D eigenvalue weighted by Gasteiger charge is -2.15. The van der Waals surface area contributed by atoms with Gasteiger partial charge in [0.2, 0.25) is 17.7 Å². The molecule has 0 radical (unpaired) electrons. The first-order chi connectivity index (χ1) is 10.6. The molecule has 0 fully saturated rings. The van der Waals surface area contributed by atoms with Crippen LogP contribution in [0.25, 0.3) is 0 Å². The fourth-order valence-electron chi connectivity index (χ4n) is 1.74. The molecule has 0 saturated heterocycles. The highest BCUT2D eigenvalue weighted by Gasteiger charge is 2.30. The third-order valence-electron chi connectivity index (χ3n) is 2.89. The number of Topliss-reactive ketones (excluding diaryl/α,β-unsaturated/α-hetero) is 2. The predicted octanol–water partition coefficient (Wildman–Crippen LogP) is 1.92. The second kappa shape index (κ2) is 7.21. The van der Waals surface area contributed by atoms with E-state index >= 15 is 0 Å². The lowest BCUT2D eigenvalue weighted by atomic mass is 10.1. The molecule has 0 bridgehead atoms. The number of hydrogen-bond donors (Lipinski definition) is 0. The molecule has 2 rings (SSSR count). The summed E-state index contributed by atoms with van der Waals surface area (Å²) in [6.45, 7) is 1.54. The van der Waals surface area contributed by atoms with Gasteiger partial charge < -0.3 is 4.74 Å². The molecule has 0 spiro atoms. The van der Waals surface area contributed by atoms with Crippen molar-refractivity contribution in [2.75, 3.05) is 0 Å². The Bertz CT molecular complexity index is 671. The maximum Gasteiger partial charge on any atom is 0.375 e. The molecule has 0 N–H and O–H groups in total. The first-order valence-corrected chi connectivity index (χ1v) is 6.73. The van der Waals surface area contributed by atoms with Crippen molar-refractivity contribution < 1.29 is 19.1 Å². The van der Waals surface area contributed by atoms with Crippen molar-refractivity contribution in [2.45, 2.75) is 19.4 Å². The van der Waals surface area contributed by atoms with Crippen LogP contribution in [0.5, 0.6) is 0 Å². The molecule has 6 heteroatoms. The van der Waals surface area contributed by atoms with Crippen LogP contribution in [-0.2, 0) is 14.3 Å². The van der Waals surface area contributed by atoms with E-state index in [1.54, 1.807) is 37.3 Å². The van der Waals surface area contributed by atoms with Crippen LogP contribution in [0.2, 0.25) is 0 Å². The molecular weight excluding hydrogens is 284 g/mol. The van der Waals surface area contributed by atoms with Crippen LogP contribution in [-0.4, -0.2) is 27.5 Å². The number of rotatable bonds is 6. The van der Waals surface area contributed by atoms with Crippen molar-refractivity contribution in [3.05, 3.63) is 60.2 Å². The average Bonchev–Trinajstić information content (AvgIpc) is 2.59. The molecule has 0 aliphatic rings. The van der Waals surface area contributed by atoms with E-state index in [2.05, 4.69) is 9.97 Å². The number of aromatic nitrogens is 2. The van der Waals surface area contributed by atoms with Gasteiger partial charge >= 0.3 is 5.97 Å². The van der Waals surface area contributed by atoms with Gasteiger partial charge in [0.25, 0.3) is 0 Å². The van der Waals surface area contributed by atoms with Gasteiger partial charge in [0.1, 0.15) is 5.69 Å². The first kappa shape index (κ1) is 15.5. The molecule has 2 heterocycles. The minimum atomic E-state index is -1.29. The molecule has 6 nitrogen and oxygen atoms in total. The fourth-order valence-corrected chi connectivity index (χ4v) is 1.74. The molecule has 0 aliphatic carbocycles. The van der Waals surface area contributed by atoms with E-state index < -0.39 is 23.6 Å². The summed E-state index contributed by atoms with van der Waals surface area (Å²) in [7, 11) is 0. The van der Waals surface area contributed by atoms with E-state index in [9.17, 15) is 14.4 Å². The number of nitrogens with zero attached hydrogens (tertiary/aromatic N) is 2. The Hall–Kier alpha value is -2.89. The normalized spacial score (nSPS) is 11.5. The molecule has 0 aliphatic heterocycles. The molecule has 112 valence electrons. The van der Waals surface area contributed by atoms with Crippen LogP contribution in [0.4, 0.5) is 0 Å². The summed E-state index contributed by atoms with van der Waals surface area (Å²) in [6.07, 6.45) is 1.65. The molecule has 0 aromatic carbocycles. The van der Waals surface area contributed by atoms with Gasteiger partial charge in [-0.3, -0.25) is 19.6 Å². The van der Waals surface area contributed by atoms with E-state index in [1.807, 2.05) is 0 Å². The fraction of sp³-hybridized carbons (Fsp3) is 0.188. The third-order valence-corrected chi connectivity index (χ3v) is 2.89. The summed E-state index contributed by atoms with van der Waals surface area (Å²) in [4.78, 5) is 43.6. The van der Waals surface area contributed by atoms with Crippen LogP contribution >= 0.6 is 0 Å². The van der Waals surface area contributed by atoms with Crippen molar-refractivity contribution in [2.24, 2.45) is 0 Å². The van der Waals surface area contributed by atoms with E-state index in [-0.39, 0.29) is 17.8 Å². The lowest BCUT2D eigenvalue weighted by molar-refractivity contribution is -0.156. The van der Waals surface area contributed by atoms with Crippen LogP contribution < -0.4 is 0 Å². The van der Waals surface area contributed by atoms with Crippen molar-refractivity contribution in [1.82, 2.24) is 9.97 Å². The van der Waals surface area contributed by atoms with Gasteiger partial charge in [0.15, 0.2) is 0 Å². The largest absolute Gasteiger partial charge is 0.442 e. The summed E-state index contributed by atoms with van der Waals surface area (Å²) < 4.78 is 5.06. The second-order valence-electron chi connectivity index (χ2n) is 4.40. The zero-order valence-electron chi connectivity index (χ0n) is 11.9. The third kappa shape index (κ3) is 3.60. The van der Waals surface area contributed by atoms with Gasteiger partial charge in [-0.05, 0) is 24.3 Å². The highest BCUT2D eigenvalue weighted by Crippen LogP contribution is 2.20. The average molecular weight is 298 g/mol. The van der Waals surface area contributed by atoms with Crippen LogP contribution in [0, 0.1) is 0 Å². The molecular formula is C16H14N2O4. The summed E-state index contributed by atoms with van der Waals surface area (Å²) in [5.74, 6) is -2.28. The number of ether oxygens (including phenoxy) is 1. The van der Waals surface area contributed by atoms with E-state index in [0.29, 0.717) is 0 Å². The van der Waals surface area contributed by atoms with Gasteiger partial charge in [0, 0.05) is 18.8 Å². The number of carbonyl (C=O) groups is 3. The Labute approximate surface area is 127 Å². The minimum Gasteiger partial charge on any atom is -0.442 e. The molecule has 2 aromatic heterocycles. The quantitative estimate of drug-likeness (QED) is 0.460. The Kier molecular flexibility index (Phi) is 5.08. The standard InChI is InChI=1S/C16H14N2O4/c1-2-13(19)16(21)22-15(12-8-4-6-10-18-12)14(20)11-7-3-5-9-17-11/h3-10,15H,2H2,1H3. The van der Waals surface area contributed by atoms with Crippen molar-refractivity contribution in [3.8, 4) is 0 Å². The van der Waals surface area contributed by atoms with Gasteiger partial charge in [0.05, 0.1) is 5.69 Å². The summed E-state index contributed by atoms with van der Waals surface area (Å²) in [6, 6.07) is 9.71. The Morgan fingerprint density at radius 1 is 1.05 bits per heavy atom. The highest BCUT2D eigenvalue weighted by molar-refractivity contribution is 6.33. The summed E-state index contributed by atoms with van der Waals surface area (Å²) in [5.41, 5.74) is 0.380. The molecule has 1 atom stereocenters. The SMILES string of the molecule is CCC(=O)C(=O)OC(C(=O)c1ccccn1)c1ccccn1. The topological polar surface area (TPSA) is 86.2 Å². The number of hydrogen-bond acceptors (Lipinski definition) is 6. The summed E-state index contributed by atoms with van der Waals surface area (Å²) in [5, 5.41) is 0. The van der Waals surface area contributed by atoms with Crippen LogP contribution in [0.1, 0.15) is 35.6 Å². The van der Waals surface area contributed by atoms with E-state index in [1.165, 1.54) is 18.5 Å². The predicted molar refractivity (Wildman–Crippen MR) is 76.9 cm³/mol. The van der Waals surface area contributed by atoms with Crippen LogP contribution in [0.3, 0.4) is 0 Å². The maximum absolute atomic E-state index is 12.5. The molecule has 2 aromatic rings. The Balaban J connectivity index is 2.32. The van der Waals surface area contributed by atoms with Crippen molar-refractivity contribution >= 4 is 17.5 Å². The van der Waals surface area contributed by atoms with E-state index in [4.69, 9.17) is 4.74 Å². The Morgan fingerprint density at radius 2 is 1.73 bits per heavy atom. The second-order valence-corrected chi connectivity index (χ2v) is 4.40. The summed E-state index contributed by atoms with van der Waals surface area (Å²) >= 11 is 0. The van der Waals surface area contributed by atoms with Crippen molar-refractivity contribution in [1.29, 1.82) is 0 Å². The smallest absolute Gasteiger partial charge is 0.375 e. The minimum absolute atomic E-state index is 0.00551. The molecule has 1 unspecified atom stereocenters. The number of pyridine rings is 2. The van der Waals surface area contributed by atoms with Gasteiger partial charge in [-0.2, -0.15) is 0 Å². The molecule has 0 saturated carbocycles. The van der Waals surface area contributed by atoms with Gasteiger partial charge in [-0.1, -0.05) is 19.1 Å². The molecule has 22 heavy (non-hydrogen) atoms. The zero-order chi connectivity index (χ0) is 15.9. The maximum atomic E-state index is 12.5. The first-order valence-electron chi connectivity index (χ1n) is 6.73. The van der Waals surface area contributed by atoms with Gasteiger partial charge in [-0.15, -0.1) is 0 Å². The highest BCUT2D eigenvalue weighted by atomic mass is 16.6. The number of carbonyl (C=O) groups excluding carboxylic acids is 3. The lowest BCUT2D eigenvalue weighted by Crippen LogP contribution is -2.25. The Morgan fingerprint density at radius 3 is 2.27 bits per heavy atom. The monoisotopic (exact) mass is 298 g/mol.